The van der Waals surface area contributed by atoms with Crippen LogP contribution in [-0.4, -0.2) is 65.5 Å². The molecule has 1 aromatic rings. The maximum atomic E-state index is 12.8. The van der Waals surface area contributed by atoms with Gasteiger partial charge in [0.2, 0.25) is 11.8 Å². The van der Waals surface area contributed by atoms with E-state index in [2.05, 4.69) is 15.6 Å². The Labute approximate surface area is 156 Å². The molecule has 2 N–H and O–H groups in total. The number of hydrogen-bond donors (Lipinski definition) is 2. The lowest BCUT2D eigenvalue weighted by atomic mass is 9.73. The Balaban J connectivity index is 1.40. The third kappa shape index (κ3) is 3.09. The summed E-state index contributed by atoms with van der Waals surface area (Å²) >= 11 is 0. The molecule has 0 radical (unpaired) electrons. The van der Waals surface area contributed by atoms with Gasteiger partial charge in [0.05, 0.1) is 24.8 Å². The van der Waals surface area contributed by atoms with Gasteiger partial charge in [-0.2, -0.15) is 0 Å². The molecular weight excluding hydrogens is 352 g/mol. The topological polar surface area (TPSA) is 114 Å². The molecule has 9 nitrogen and oxygen atoms in total. The van der Waals surface area contributed by atoms with Crippen LogP contribution in [0.3, 0.4) is 0 Å². The maximum Gasteiger partial charge on any atom is 0.276 e. The molecule has 4 heterocycles. The van der Waals surface area contributed by atoms with E-state index < -0.39 is 0 Å². The van der Waals surface area contributed by atoms with Crippen LogP contribution in [0.25, 0.3) is 0 Å². The van der Waals surface area contributed by atoms with Crippen LogP contribution in [0.4, 0.5) is 0 Å². The zero-order chi connectivity index (χ0) is 19.2. The second kappa shape index (κ2) is 6.63. The summed E-state index contributed by atoms with van der Waals surface area (Å²) in [5.74, 6) is 0.281. The van der Waals surface area contributed by atoms with Crippen molar-refractivity contribution in [2.45, 2.75) is 38.4 Å². The molecule has 3 fully saturated rings. The Morgan fingerprint density at radius 3 is 2.89 bits per heavy atom. The van der Waals surface area contributed by atoms with Gasteiger partial charge in [0.25, 0.3) is 5.91 Å². The summed E-state index contributed by atoms with van der Waals surface area (Å²) < 4.78 is 11.5. The lowest BCUT2D eigenvalue weighted by Crippen LogP contribution is -2.44. The largest absolute Gasteiger partial charge is 0.448 e. The Bertz CT molecular complexity index is 778. The van der Waals surface area contributed by atoms with Crippen LogP contribution in [0.2, 0.25) is 0 Å². The number of carbonyl (C=O) groups is 3. The highest BCUT2D eigenvalue weighted by atomic mass is 16.5. The summed E-state index contributed by atoms with van der Waals surface area (Å²) in [5.41, 5.74) is 0.0337. The third-order valence-corrected chi connectivity index (χ3v) is 6.05. The summed E-state index contributed by atoms with van der Waals surface area (Å²) in [6, 6.07) is 0. The quantitative estimate of drug-likeness (QED) is 0.739. The van der Waals surface area contributed by atoms with Crippen LogP contribution in [0, 0.1) is 18.8 Å². The van der Waals surface area contributed by atoms with E-state index in [0.717, 1.165) is 12.8 Å². The molecule has 0 saturated carbocycles. The van der Waals surface area contributed by atoms with Crippen molar-refractivity contribution in [1.82, 2.24) is 20.5 Å². The fraction of sp³-hybridized carbons (Fsp3) is 0.667. The molecule has 1 aromatic heterocycles. The summed E-state index contributed by atoms with van der Waals surface area (Å²) in [4.78, 5) is 41.5. The smallest absolute Gasteiger partial charge is 0.276 e. The molecule has 2 bridgehead atoms. The fourth-order valence-corrected chi connectivity index (χ4v) is 4.78. The molecule has 0 unspecified atom stereocenters. The second-order valence-electron chi connectivity index (χ2n) is 7.69. The molecule has 3 saturated heterocycles. The second-order valence-corrected chi connectivity index (χ2v) is 7.69. The zero-order valence-electron chi connectivity index (χ0n) is 15.5. The number of fused-ring (bicyclic) bond motifs is 1. The van der Waals surface area contributed by atoms with Gasteiger partial charge in [0.15, 0.2) is 12.1 Å². The first kappa shape index (κ1) is 18.0. The molecule has 146 valence electrons. The monoisotopic (exact) mass is 376 g/mol. The normalized spacial score (nSPS) is 31.0. The summed E-state index contributed by atoms with van der Waals surface area (Å²) in [6.07, 6.45) is 3.27. The van der Waals surface area contributed by atoms with Gasteiger partial charge in [-0.25, -0.2) is 4.98 Å². The average Bonchev–Trinajstić information content (AvgIpc) is 3.37. The van der Waals surface area contributed by atoms with Crippen LogP contribution in [0.15, 0.2) is 10.8 Å². The van der Waals surface area contributed by atoms with E-state index in [-0.39, 0.29) is 47.8 Å². The molecule has 0 aliphatic carbocycles. The van der Waals surface area contributed by atoms with Crippen molar-refractivity contribution in [2.24, 2.45) is 11.8 Å². The number of hydrogen-bond acceptors (Lipinski definition) is 6. The number of rotatable bonds is 5. The molecule has 27 heavy (non-hydrogen) atoms. The van der Waals surface area contributed by atoms with Crippen LogP contribution in [0.5, 0.6) is 0 Å². The van der Waals surface area contributed by atoms with Gasteiger partial charge >= 0.3 is 0 Å². The van der Waals surface area contributed by atoms with Crippen molar-refractivity contribution in [1.29, 1.82) is 0 Å². The first-order valence-electron chi connectivity index (χ1n) is 9.28. The van der Waals surface area contributed by atoms with E-state index in [1.54, 1.807) is 11.8 Å². The fourth-order valence-electron chi connectivity index (χ4n) is 4.78. The minimum absolute atomic E-state index is 0.0283. The van der Waals surface area contributed by atoms with E-state index in [0.29, 0.717) is 31.1 Å². The van der Waals surface area contributed by atoms with Crippen molar-refractivity contribution in [3.8, 4) is 0 Å². The predicted octanol–water partition coefficient (Wildman–Crippen LogP) is -0.145. The average molecular weight is 376 g/mol. The summed E-state index contributed by atoms with van der Waals surface area (Å²) in [6.45, 7) is 4.70. The molecule has 3 amide bonds. The number of nitrogens with zero attached hydrogens (tertiary/aromatic N) is 2. The highest BCUT2D eigenvalue weighted by molar-refractivity contribution is 5.93. The van der Waals surface area contributed by atoms with Gasteiger partial charge < -0.3 is 24.7 Å². The van der Waals surface area contributed by atoms with E-state index in [1.807, 2.05) is 0 Å². The van der Waals surface area contributed by atoms with Crippen molar-refractivity contribution in [3.63, 3.8) is 0 Å². The van der Waals surface area contributed by atoms with Gasteiger partial charge in [0, 0.05) is 31.8 Å². The van der Waals surface area contributed by atoms with Crippen molar-refractivity contribution >= 4 is 17.7 Å². The van der Waals surface area contributed by atoms with Crippen molar-refractivity contribution < 1.29 is 23.5 Å². The standard InChI is InChI=1S/C18H24N4O5/c1-10-16(21-9-26-10)17(25)22-7-13-12(5-20-15(24)6-19-11(2)23)14-3-4-18(13,8-22)27-14/h9,12-14H,3-8H2,1-2H3,(H,19,23)(H,20,24)/t12-,13+,14+,18+/m0/s1. The van der Waals surface area contributed by atoms with Crippen molar-refractivity contribution in [2.75, 3.05) is 26.2 Å². The van der Waals surface area contributed by atoms with Gasteiger partial charge in [-0.3, -0.25) is 14.4 Å². The molecule has 9 heteroatoms. The molecule has 4 atom stereocenters. The van der Waals surface area contributed by atoms with E-state index >= 15 is 0 Å². The highest BCUT2D eigenvalue weighted by Gasteiger charge is 2.63. The lowest BCUT2D eigenvalue weighted by molar-refractivity contribution is -0.125. The van der Waals surface area contributed by atoms with Gasteiger partial charge in [0.1, 0.15) is 5.76 Å². The van der Waals surface area contributed by atoms with Gasteiger partial charge in [-0.1, -0.05) is 0 Å². The van der Waals surface area contributed by atoms with Crippen LogP contribution in [0.1, 0.15) is 36.0 Å². The number of likely N-dealkylation sites (tertiary alicyclic amines) is 1. The number of oxazole rings is 1. The molecule has 1 spiro atoms. The Morgan fingerprint density at radius 1 is 1.37 bits per heavy atom. The Hall–Kier alpha value is -2.42. The number of nitrogens with one attached hydrogen (secondary N) is 2. The van der Waals surface area contributed by atoms with Crippen LogP contribution in [-0.2, 0) is 14.3 Å². The highest BCUT2D eigenvalue weighted by Crippen LogP contribution is 2.54. The molecule has 4 rings (SSSR count). The Morgan fingerprint density at radius 2 is 2.19 bits per heavy atom. The van der Waals surface area contributed by atoms with Gasteiger partial charge in [-0.15, -0.1) is 0 Å². The zero-order valence-corrected chi connectivity index (χ0v) is 15.5. The maximum absolute atomic E-state index is 12.8. The van der Waals surface area contributed by atoms with E-state index in [1.165, 1.54) is 13.3 Å². The SMILES string of the molecule is CC(=O)NCC(=O)NC[C@H]1[C@H]2CN(C(=O)c3ncoc3C)C[C@]23CC[C@H]1O3. The van der Waals surface area contributed by atoms with E-state index in [9.17, 15) is 14.4 Å². The number of amides is 3. The number of ether oxygens (including phenoxy) is 1. The number of aromatic nitrogens is 1. The summed E-state index contributed by atoms with van der Waals surface area (Å²) in [7, 11) is 0. The first-order chi connectivity index (χ1) is 12.9. The molecule has 3 aliphatic heterocycles. The number of carbonyl (C=O) groups excluding carboxylic acids is 3. The number of aryl methyl sites for hydroxylation is 1. The Kier molecular flexibility index (Phi) is 4.41. The molecular formula is C18H24N4O5. The third-order valence-electron chi connectivity index (χ3n) is 6.05. The minimum atomic E-state index is -0.314. The van der Waals surface area contributed by atoms with Crippen LogP contribution >= 0.6 is 0 Å². The molecule has 3 aliphatic rings. The first-order valence-corrected chi connectivity index (χ1v) is 9.28. The summed E-state index contributed by atoms with van der Waals surface area (Å²) in [5, 5.41) is 5.38. The lowest BCUT2D eigenvalue weighted by Gasteiger charge is -2.29. The van der Waals surface area contributed by atoms with E-state index in [4.69, 9.17) is 9.15 Å². The molecule has 0 aromatic carbocycles. The minimum Gasteiger partial charge on any atom is -0.448 e. The van der Waals surface area contributed by atoms with Crippen LogP contribution < -0.4 is 10.6 Å². The van der Waals surface area contributed by atoms with Gasteiger partial charge in [-0.05, 0) is 19.8 Å². The van der Waals surface area contributed by atoms with Crippen molar-refractivity contribution in [3.05, 3.63) is 17.8 Å². The predicted molar refractivity (Wildman–Crippen MR) is 92.7 cm³/mol.